The Kier molecular flexibility index (Phi) is 2.82. The third-order valence-corrected chi connectivity index (χ3v) is 2.98. The second-order valence-electron chi connectivity index (χ2n) is 4.20. The molecule has 0 spiro atoms. The lowest BCUT2D eigenvalue weighted by molar-refractivity contribution is 0.332. The van der Waals surface area contributed by atoms with Crippen LogP contribution in [-0.4, -0.2) is 25.6 Å². The Morgan fingerprint density at radius 3 is 2.87 bits per heavy atom. The van der Waals surface area contributed by atoms with Gasteiger partial charge in [0.05, 0.1) is 12.8 Å². The molecule has 0 aliphatic carbocycles. The monoisotopic (exact) mass is 206 g/mol. The highest BCUT2D eigenvalue weighted by Gasteiger charge is 2.13. The van der Waals surface area contributed by atoms with E-state index in [4.69, 9.17) is 10.5 Å². The summed E-state index contributed by atoms with van der Waals surface area (Å²) >= 11 is 0. The Morgan fingerprint density at radius 1 is 1.33 bits per heavy atom. The zero-order valence-electron chi connectivity index (χ0n) is 9.42. The molecule has 0 atom stereocenters. The van der Waals surface area contributed by atoms with Crippen LogP contribution < -0.4 is 10.5 Å². The minimum Gasteiger partial charge on any atom is -0.495 e. The molecule has 1 aromatic carbocycles. The zero-order valence-corrected chi connectivity index (χ0v) is 9.42. The van der Waals surface area contributed by atoms with Gasteiger partial charge in [-0.05, 0) is 49.7 Å². The maximum atomic E-state index is 5.91. The fraction of sp³-hybridized carbons (Fsp3) is 0.500. The Hall–Kier alpha value is -1.22. The van der Waals surface area contributed by atoms with E-state index < -0.39 is 0 Å². The fourth-order valence-corrected chi connectivity index (χ4v) is 2.15. The first-order valence-corrected chi connectivity index (χ1v) is 5.34. The minimum absolute atomic E-state index is 0.742. The number of methoxy groups -OCH3 is 1. The van der Waals surface area contributed by atoms with Crippen LogP contribution in [0.3, 0.4) is 0 Å². The first-order valence-electron chi connectivity index (χ1n) is 5.34. The molecule has 2 N–H and O–H groups in total. The number of aryl methyl sites for hydroxylation is 1. The number of hydrogen-bond donors (Lipinski definition) is 1. The molecule has 1 heterocycles. The van der Waals surface area contributed by atoms with Crippen LogP contribution in [0.5, 0.6) is 5.75 Å². The van der Waals surface area contributed by atoms with Crippen LogP contribution in [0.2, 0.25) is 0 Å². The zero-order chi connectivity index (χ0) is 10.8. The second kappa shape index (κ2) is 4.11. The first kappa shape index (κ1) is 10.3. The third kappa shape index (κ3) is 2.07. The number of ether oxygens (including phenoxy) is 1. The average Bonchev–Trinajstić information content (AvgIpc) is 2.37. The maximum Gasteiger partial charge on any atom is 0.142 e. The molecule has 0 radical (unpaired) electrons. The molecule has 0 bridgehead atoms. The van der Waals surface area contributed by atoms with Gasteiger partial charge >= 0.3 is 0 Å². The van der Waals surface area contributed by atoms with Crippen molar-refractivity contribution >= 4 is 5.69 Å². The molecule has 2 rings (SSSR count). The number of nitrogen functional groups attached to an aromatic ring is 1. The molecule has 0 saturated heterocycles. The van der Waals surface area contributed by atoms with E-state index in [2.05, 4.69) is 24.1 Å². The van der Waals surface area contributed by atoms with Gasteiger partial charge < -0.3 is 15.4 Å². The summed E-state index contributed by atoms with van der Waals surface area (Å²) in [5.41, 5.74) is 9.37. The van der Waals surface area contributed by atoms with Gasteiger partial charge in [0.1, 0.15) is 5.75 Å². The van der Waals surface area contributed by atoms with Crippen LogP contribution >= 0.6 is 0 Å². The molecular weight excluding hydrogens is 188 g/mol. The topological polar surface area (TPSA) is 38.5 Å². The third-order valence-electron chi connectivity index (χ3n) is 2.98. The maximum absolute atomic E-state index is 5.91. The van der Waals surface area contributed by atoms with Crippen molar-refractivity contribution in [3.63, 3.8) is 0 Å². The lowest BCUT2D eigenvalue weighted by atomic mass is 10.0. The number of nitrogens with two attached hydrogens (primary N) is 1. The average molecular weight is 206 g/mol. The lowest BCUT2D eigenvalue weighted by Crippen LogP contribution is -2.17. The molecule has 1 aromatic rings. The molecule has 0 aromatic heterocycles. The molecule has 0 fully saturated rings. The van der Waals surface area contributed by atoms with Crippen LogP contribution in [-0.2, 0) is 13.0 Å². The highest BCUT2D eigenvalue weighted by Crippen LogP contribution is 2.28. The van der Waals surface area contributed by atoms with Crippen molar-refractivity contribution in [2.45, 2.75) is 19.4 Å². The predicted octanol–water partition coefficient (Wildman–Crippen LogP) is 1.66. The van der Waals surface area contributed by atoms with E-state index in [1.54, 1.807) is 7.11 Å². The molecule has 3 nitrogen and oxygen atoms in total. The molecule has 82 valence electrons. The number of hydrogen-bond acceptors (Lipinski definition) is 3. The Bertz CT molecular complexity index is 363. The van der Waals surface area contributed by atoms with Crippen molar-refractivity contribution in [1.29, 1.82) is 0 Å². The quantitative estimate of drug-likeness (QED) is 0.710. The molecular formula is C12H18N2O. The summed E-state index contributed by atoms with van der Waals surface area (Å²) in [4.78, 5) is 2.33. The Morgan fingerprint density at radius 2 is 2.13 bits per heavy atom. The van der Waals surface area contributed by atoms with Crippen molar-refractivity contribution in [2.24, 2.45) is 0 Å². The summed E-state index contributed by atoms with van der Waals surface area (Å²) in [6.45, 7) is 2.14. The van der Waals surface area contributed by atoms with Gasteiger partial charge in [0, 0.05) is 6.54 Å². The van der Waals surface area contributed by atoms with Crippen LogP contribution in [0.1, 0.15) is 17.5 Å². The summed E-state index contributed by atoms with van der Waals surface area (Å²) in [6.07, 6.45) is 2.33. The minimum atomic E-state index is 0.742. The molecule has 3 heteroatoms. The van der Waals surface area contributed by atoms with Crippen molar-refractivity contribution in [3.8, 4) is 5.75 Å². The molecule has 1 aliphatic rings. The van der Waals surface area contributed by atoms with E-state index in [0.717, 1.165) is 30.9 Å². The normalized spacial score (nSPS) is 16.9. The van der Waals surface area contributed by atoms with E-state index in [1.807, 2.05) is 0 Å². The lowest BCUT2D eigenvalue weighted by Gasteiger charge is -2.14. The van der Waals surface area contributed by atoms with Gasteiger partial charge in [-0.3, -0.25) is 0 Å². The van der Waals surface area contributed by atoms with Gasteiger partial charge in [0.2, 0.25) is 0 Å². The number of nitrogens with zero attached hydrogens (tertiary/aromatic N) is 1. The van der Waals surface area contributed by atoms with Crippen molar-refractivity contribution < 1.29 is 4.74 Å². The summed E-state index contributed by atoms with van der Waals surface area (Å²) < 4.78 is 5.24. The summed E-state index contributed by atoms with van der Waals surface area (Å²) in [7, 11) is 3.82. The number of fused-ring (bicyclic) bond motifs is 1. The predicted molar refractivity (Wildman–Crippen MR) is 62.1 cm³/mol. The van der Waals surface area contributed by atoms with Crippen molar-refractivity contribution in [1.82, 2.24) is 4.90 Å². The Balaban J connectivity index is 2.39. The van der Waals surface area contributed by atoms with Gasteiger partial charge in [0.15, 0.2) is 0 Å². The second-order valence-corrected chi connectivity index (χ2v) is 4.20. The van der Waals surface area contributed by atoms with E-state index in [1.165, 1.54) is 17.5 Å². The molecule has 15 heavy (non-hydrogen) atoms. The summed E-state index contributed by atoms with van der Waals surface area (Å²) in [5, 5.41) is 0. The number of benzene rings is 1. The van der Waals surface area contributed by atoms with Gasteiger partial charge in [-0.15, -0.1) is 0 Å². The number of rotatable bonds is 1. The highest BCUT2D eigenvalue weighted by atomic mass is 16.5. The molecule has 0 amide bonds. The van der Waals surface area contributed by atoms with Gasteiger partial charge in [-0.25, -0.2) is 0 Å². The van der Waals surface area contributed by atoms with Gasteiger partial charge in [-0.2, -0.15) is 0 Å². The van der Waals surface area contributed by atoms with Gasteiger partial charge in [0.25, 0.3) is 0 Å². The SMILES string of the molecule is COc1cc2c(cc1N)CN(C)CCC2. The molecule has 1 aliphatic heterocycles. The van der Waals surface area contributed by atoms with Crippen LogP contribution in [0.4, 0.5) is 5.69 Å². The highest BCUT2D eigenvalue weighted by molar-refractivity contribution is 5.57. The van der Waals surface area contributed by atoms with Crippen molar-refractivity contribution in [3.05, 3.63) is 23.3 Å². The standard InChI is InChI=1S/C12H18N2O/c1-14-5-3-4-9-7-12(15-2)11(13)6-10(9)8-14/h6-7H,3-5,8,13H2,1-2H3. The van der Waals surface area contributed by atoms with E-state index in [-0.39, 0.29) is 0 Å². The molecule has 0 unspecified atom stereocenters. The van der Waals surface area contributed by atoms with Crippen LogP contribution in [0.15, 0.2) is 12.1 Å². The van der Waals surface area contributed by atoms with Crippen molar-refractivity contribution in [2.75, 3.05) is 26.4 Å². The smallest absolute Gasteiger partial charge is 0.142 e. The van der Waals surface area contributed by atoms with Gasteiger partial charge in [-0.1, -0.05) is 0 Å². The summed E-state index contributed by atoms with van der Waals surface area (Å²) in [5.74, 6) is 0.804. The van der Waals surface area contributed by atoms with E-state index >= 15 is 0 Å². The number of anilines is 1. The Labute approximate surface area is 90.8 Å². The van der Waals surface area contributed by atoms with Crippen LogP contribution in [0, 0.1) is 0 Å². The largest absolute Gasteiger partial charge is 0.495 e. The molecule has 0 saturated carbocycles. The van der Waals surface area contributed by atoms with Crippen LogP contribution in [0.25, 0.3) is 0 Å². The van der Waals surface area contributed by atoms with E-state index in [0.29, 0.717) is 0 Å². The fourth-order valence-electron chi connectivity index (χ4n) is 2.15. The summed E-state index contributed by atoms with van der Waals surface area (Å²) in [6, 6.07) is 4.14. The van der Waals surface area contributed by atoms with E-state index in [9.17, 15) is 0 Å². The first-order chi connectivity index (χ1) is 7.20.